The highest BCUT2D eigenvalue weighted by molar-refractivity contribution is 7.90. The summed E-state index contributed by atoms with van der Waals surface area (Å²) in [6.07, 6.45) is 3.02. The number of nitrogens with two attached hydrogens (primary N) is 1. The molecular formula is C10H20N4O2S. The Morgan fingerprint density at radius 2 is 2.12 bits per heavy atom. The van der Waals surface area contributed by atoms with E-state index < -0.39 is 9.84 Å². The molecule has 0 saturated carbocycles. The van der Waals surface area contributed by atoms with Gasteiger partial charge in [-0.25, -0.2) is 8.42 Å². The van der Waals surface area contributed by atoms with Crippen molar-refractivity contribution >= 4 is 21.3 Å². The Morgan fingerprint density at radius 3 is 2.65 bits per heavy atom. The molecule has 1 aromatic heterocycles. The molecule has 3 N–H and O–H groups in total. The number of aromatic nitrogens is 2. The van der Waals surface area contributed by atoms with Crippen molar-refractivity contribution in [1.82, 2.24) is 9.78 Å². The number of anilines is 2. The van der Waals surface area contributed by atoms with E-state index in [0.29, 0.717) is 18.1 Å². The zero-order chi connectivity index (χ0) is 13.1. The second kappa shape index (κ2) is 5.39. The number of rotatable bonds is 6. The molecule has 0 unspecified atom stereocenters. The van der Waals surface area contributed by atoms with Crippen LogP contribution in [-0.4, -0.2) is 36.8 Å². The average molecular weight is 260 g/mol. The van der Waals surface area contributed by atoms with Gasteiger partial charge in [-0.05, 0) is 6.42 Å². The molecule has 1 rings (SSSR count). The van der Waals surface area contributed by atoms with Crippen molar-refractivity contribution in [2.24, 2.45) is 7.05 Å². The van der Waals surface area contributed by atoms with E-state index in [1.807, 2.05) is 0 Å². The third-order valence-corrected chi connectivity index (χ3v) is 3.36. The first-order valence-corrected chi connectivity index (χ1v) is 7.64. The predicted octanol–water partition coefficient (Wildman–Crippen LogP) is 0.411. The van der Waals surface area contributed by atoms with Crippen LogP contribution in [0.4, 0.5) is 11.5 Å². The first kappa shape index (κ1) is 13.8. The molecule has 0 fully saturated rings. The Kier molecular flexibility index (Phi) is 4.39. The van der Waals surface area contributed by atoms with Gasteiger partial charge in [0.15, 0.2) is 0 Å². The monoisotopic (exact) mass is 260 g/mol. The lowest BCUT2D eigenvalue weighted by atomic mass is 10.2. The average Bonchev–Trinajstić information content (AvgIpc) is 2.44. The smallest absolute Gasteiger partial charge is 0.149 e. The van der Waals surface area contributed by atoms with E-state index in [-0.39, 0.29) is 5.75 Å². The minimum absolute atomic E-state index is 0.0841. The summed E-state index contributed by atoms with van der Waals surface area (Å²) in [6, 6.07) is 0. The summed E-state index contributed by atoms with van der Waals surface area (Å²) in [4.78, 5) is 0. The quantitative estimate of drug-likeness (QED) is 0.773. The maximum absolute atomic E-state index is 11.0. The highest BCUT2D eigenvalue weighted by Gasteiger charge is 2.12. The van der Waals surface area contributed by atoms with E-state index in [9.17, 15) is 8.42 Å². The summed E-state index contributed by atoms with van der Waals surface area (Å²) >= 11 is 0. The summed E-state index contributed by atoms with van der Waals surface area (Å²) in [7, 11) is -1.17. The second-order valence-electron chi connectivity index (χ2n) is 4.14. The third-order valence-electron chi connectivity index (χ3n) is 2.41. The summed E-state index contributed by atoms with van der Waals surface area (Å²) in [5.74, 6) is 0.776. The normalized spacial score (nSPS) is 11.7. The lowest BCUT2D eigenvalue weighted by molar-refractivity contribution is 0.602. The summed E-state index contributed by atoms with van der Waals surface area (Å²) in [5, 5.41) is 7.31. The fourth-order valence-corrected chi connectivity index (χ4v) is 2.05. The number of hydrogen-bond donors (Lipinski definition) is 2. The number of hydrogen-bond acceptors (Lipinski definition) is 5. The largest absolute Gasteiger partial charge is 0.394 e. The highest BCUT2D eigenvalue weighted by atomic mass is 32.2. The van der Waals surface area contributed by atoms with Crippen LogP contribution in [0, 0.1) is 0 Å². The summed E-state index contributed by atoms with van der Waals surface area (Å²) in [6.45, 7) is 2.40. The molecule has 0 aliphatic heterocycles. The number of nitrogens with zero attached hydrogens (tertiary/aromatic N) is 2. The molecule has 6 nitrogen and oxygen atoms in total. The number of sulfone groups is 1. The minimum atomic E-state index is -2.96. The molecule has 1 heterocycles. The van der Waals surface area contributed by atoms with Crippen molar-refractivity contribution in [3.8, 4) is 0 Å². The molecule has 1 aromatic rings. The molecule has 0 saturated heterocycles. The molecular weight excluding hydrogens is 240 g/mol. The van der Waals surface area contributed by atoms with E-state index in [0.717, 1.165) is 18.5 Å². The Balaban J connectivity index is 2.71. The molecule has 0 spiro atoms. The van der Waals surface area contributed by atoms with Gasteiger partial charge in [0, 0.05) is 19.8 Å². The molecule has 0 bridgehead atoms. The van der Waals surface area contributed by atoms with E-state index >= 15 is 0 Å². The van der Waals surface area contributed by atoms with Crippen LogP contribution in [0.1, 0.15) is 19.0 Å². The zero-order valence-corrected chi connectivity index (χ0v) is 11.3. The van der Waals surface area contributed by atoms with Crippen LogP contribution in [0.2, 0.25) is 0 Å². The van der Waals surface area contributed by atoms with Crippen LogP contribution in [-0.2, 0) is 23.3 Å². The molecule has 0 amide bonds. The predicted molar refractivity (Wildman–Crippen MR) is 69.8 cm³/mol. The van der Waals surface area contributed by atoms with Gasteiger partial charge in [0.1, 0.15) is 15.7 Å². The Hall–Kier alpha value is -1.24. The van der Waals surface area contributed by atoms with Crippen LogP contribution in [0.5, 0.6) is 0 Å². The SMILES string of the molecule is CCCc1nn(C)c(NCCS(C)(=O)=O)c1N. The van der Waals surface area contributed by atoms with Gasteiger partial charge in [-0.1, -0.05) is 13.3 Å². The van der Waals surface area contributed by atoms with Crippen molar-refractivity contribution in [2.45, 2.75) is 19.8 Å². The van der Waals surface area contributed by atoms with Gasteiger partial charge in [0.2, 0.25) is 0 Å². The fourth-order valence-electron chi connectivity index (χ4n) is 1.58. The van der Waals surface area contributed by atoms with Gasteiger partial charge in [-0.3, -0.25) is 4.68 Å². The van der Waals surface area contributed by atoms with E-state index in [2.05, 4.69) is 17.3 Å². The van der Waals surface area contributed by atoms with E-state index in [1.54, 1.807) is 11.7 Å². The van der Waals surface area contributed by atoms with Crippen molar-refractivity contribution < 1.29 is 8.42 Å². The van der Waals surface area contributed by atoms with Crippen molar-refractivity contribution in [3.63, 3.8) is 0 Å². The molecule has 0 aliphatic rings. The van der Waals surface area contributed by atoms with Crippen molar-refractivity contribution in [3.05, 3.63) is 5.69 Å². The molecule has 0 aliphatic carbocycles. The number of nitrogen functional groups attached to an aromatic ring is 1. The van der Waals surface area contributed by atoms with Crippen molar-refractivity contribution in [1.29, 1.82) is 0 Å². The fraction of sp³-hybridized carbons (Fsp3) is 0.700. The highest BCUT2D eigenvalue weighted by Crippen LogP contribution is 2.22. The Bertz CT molecular complexity index is 479. The van der Waals surface area contributed by atoms with Gasteiger partial charge >= 0.3 is 0 Å². The first-order valence-electron chi connectivity index (χ1n) is 5.58. The van der Waals surface area contributed by atoms with Gasteiger partial charge < -0.3 is 11.1 Å². The zero-order valence-electron chi connectivity index (χ0n) is 10.5. The van der Waals surface area contributed by atoms with Crippen molar-refractivity contribution in [2.75, 3.05) is 29.6 Å². The lowest BCUT2D eigenvalue weighted by Gasteiger charge is -2.06. The number of aryl methyl sites for hydroxylation is 2. The van der Waals surface area contributed by atoms with Crippen LogP contribution in [0.15, 0.2) is 0 Å². The molecule has 0 radical (unpaired) electrons. The number of nitrogens with one attached hydrogen (secondary N) is 1. The van der Waals surface area contributed by atoms with Gasteiger partial charge in [0.25, 0.3) is 0 Å². The second-order valence-corrected chi connectivity index (χ2v) is 6.40. The topological polar surface area (TPSA) is 90.0 Å². The van der Waals surface area contributed by atoms with Gasteiger partial charge in [-0.15, -0.1) is 0 Å². The molecule has 7 heteroatoms. The molecule has 17 heavy (non-hydrogen) atoms. The van der Waals surface area contributed by atoms with Crippen LogP contribution >= 0.6 is 0 Å². The third kappa shape index (κ3) is 3.92. The molecule has 98 valence electrons. The maximum atomic E-state index is 11.0. The first-order chi connectivity index (χ1) is 7.85. The van der Waals surface area contributed by atoms with Gasteiger partial charge in [-0.2, -0.15) is 5.10 Å². The maximum Gasteiger partial charge on any atom is 0.149 e. The minimum Gasteiger partial charge on any atom is -0.394 e. The summed E-state index contributed by atoms with van der Waals surface area (Å²) < 4.78 is 23.7. The van der Waals surface area contributed by atoms with E-state index in [4.69, 9.17) is 5.73 Å². The van der Waals surface area contributed by atoms with Crippen LogP contribution < -0.4 is 11.1 Å². The molecule has 0 aromatic carbocycles. The Morgan fingerprint density at radius 1 is 1.47 bits per heavy atom. The van der Waals surface area contributed by atoms with E-state index in [1.165, 1.54) is 6.26 Å². The standard InChI is InChI=1S/C10H20N4O2S/c1-4-5-8-9(11)10(14(2)13-8)12-6-7-17(3,15)16/h12H,4-7,11H2,1-3H3. The van der Waals surface area contributed by atoms with Crippen LogP contribution in [0.3, 0.4) is 0 Å². The Labute approximate surface area is 102 Å². The van der Waals surface area contributed by atoms with Crippen LogP contribution in [0.25, 0.3) is 0 Å². The van der Waals surface area contributed by atoms with Gasteiger partial charge in [0.05, 0.1) is 17.1 Å². The lowest BCUT2D eigenvalue weighted by Crippen LogP contribution is -2.16. The molecule has 0 atom stereocenters. The summed E-state index contributed by atoms with van der Waals surface area (Å²) in [5.41, 5.74) is 7.42.